The van der Waals surface area contributed by atoms with E-state index in [2.05, 4.69) is 5.32 Å². The van der Waals surface area contributed by atoms with Crippen molar-refractivity contribution in [1.82, 2.24) is 5.32 Å². The van der Waals surface area contributed by atoms with E-state index in [1.54, 1.807) is 0 Å². The van der Waals surface area contributed by atoms with Gasteiger partial charge in [-0.3, -0.25) is 14.4 Å². The van der Waals surface area contributed by atoms with Crippen molar-refractivity contribution < 1.29 is 34.1 Å². The SMILES string of the molecule is NCCCOCCCCOCCCNC(=O)[C@@H](N)CSC[C@H](CCCCCCCCCCCCC(=O)O)CCCCCCCCCCCC(=O)O. The van der Waals surface area contributed by atoms with Crippen molar-refractivity contribution in [2.75, 3.05) is 51.0 Å². The second kappa shape index (κ2) is 39.8. The van der Waals surface area contributed by atoms with Gasteiger partial charge in [-0.25, -0.2) is 0 Å². The lowest BCUT2D eigenvalue weighted by Gasteiger charge is -2.18. The van der Waals surface area contributed by atoms with E-state index < -0.39 is 18.0 Å². The molecule has 0 aromatic heterocycles. The Morgan fingerprint density at radius 3 is 1.35 bits per heavy atom. The Hall–Kier alpha value is -1.40. The molecule has 0 fully saturated rings. The summed E-state index contributed by atoms with van der Waals surface area (Å²) in [4.78, 5) is 33.8. The van der Waals surface area contributed by atoms with Gasteiger partial charge in [0.2, 0.25) is 5.91 Å². The first-order chi connectivity index (χ1) is 24.9. The maximum Gasteiger partial charge on any atom is 0.303 e. The van der Waals surface area contributed by atoms with E-state index in [0.717, 1.165) is 83.2 Å². The quantitative estimate of drug-likeness (QED) is 0.0381. The molecular weight excluding hydrogens is 667 g/mol. The lowest BCUT2D eigenvalue weighted by molar-refractivity contribution is -0.138. The van der Waals surface area contributed by atoms with E-state index in [-0.39, 0.29) is 5.91 Å². The Bertz CT molecular complexity index is 793. The van der Waals surface area contributed by atoms with Gasteiger partial charge in [-0.15, -0.1) is 0 Å². The summed E-state index contributed by atoms with van der Waals surface area (Å²) in [6.07, 6.45) is 29.0. The molecule has 0 aromatic rings. The van der Waals surface area contributed by atoms with Gasteiger partial charge in [0, 0.05) is 51.6 Å². The van der Waals surface area contributed by atoms with Crippen molar-refractivity contribution in [3.05, 3.63) is 0 Å². The van der Waals surface area contributed by atoms with Crippen LogP contribution in [0.2, 0.25) is 0 Å². The van der Waals surface area contributed by atoms with Crippen molar-refractivity contribution in [2.45, 2.75) is 179 Å². The molecular formula is C40H79N3O7S. The fourth-order valence-corrected chi connectivity index (χ4v) is 7.34. The lowest BCUT2D eigenvalue weighted by Crippen LogP contribution is -2.42. The van der Waals surface area contributed by atoms with Gasteiger partial charge in [0.1, 0.15) is 0 Å². The van der Waals surface area contributed by atoms with E-state index >= 15 is 0 Å². The highest BCUT2D eigenvalue weighted by molar-refractivity contribution is 7.99. The van der Waals surface area contributed by atoms with Crippen molar-refractivity contribution in [1.29, 1.82) is 0 Å². The molecule has 0 unspecified atom stereocenters. The summed E-state index contributed by atoms with van der Waals surface area (Å²) < 4.78 is 11.2. The Labute approximate surface area is 316 Å². The summed E-state index contributed by atoms with van der Waals surface area (Å²) >= 11 is 1.83. The maximum absolute atomic E-state index is 12.6. The van der Waals surface area contributed by atoms with Crippen LogP contribution in [0.5, 0.6) is 0 Å². The predicted molar refractivity (Wildman–Crippen MR) is 212 cm³/mol. The number of thioether (sulfide) groups is 1. The van der Waals surface area contributed by atoms with Crippen LogP contribution in [-0.2, 0) is 23.9 Å². The highest BCUT2D eigenvalue weighted by Crippen LogP contribution is 2.24. The number of amides is 1. The minimum atomic E-state index is -0.689. The monoisotopic (exact) mass is 746 g/mol. The van der Waals surface area contributed by atoms with Crippen molar-refractivity contribution in [3.8, 4) is 0 Å². The second-order valence-corrected chi connectivity index (χ2v) is 15.4. The molecule has 0 aliphatic rings. The van der Waals surface area contributed by atoms with Crippen LogP contribution in [-0.4, -0.2) is 85.1 Å². The first-order valence-electron chi connectivity index (χ1n) is 20.8. The van der Waals surface area contributed by atoms with Crippen LogP contribution in [0.3, 0.4) is 0 Å². The fraction of sp³-hybridized carbons (Fsp3) is 0.925. The number of carbonyl (C=O) groups excluding carboxylic acids is 1. The molecule has 0 rings (SSSR count). The summed E-state index contributed by atoms with van der Waals surface area (Å²) in [5, 5.41) is 20.5. The maximum atomic E-state index is 12.6. The molecule has 0 aliphatic carbocycles. The van der Waals surface area contributed by atoms with E-state index in [1.165, 1.54) is 96.3 Å². The van der Waals surface area contributed by atoms with E-state index in [9.17, 15) is 14.4 Å². The molecule has 0 bridgehead atoms. The zero-order valence-corrected chi connectivity index (χ0v) is 33.2. The van der Waals surface area contributed by atoms with Crippen LogP contribution in [0.15, 0.2) is 0 Å². The first kappa shape index (κ1) is 49.6. The number of nitrogens with two attached hydrogens (primary N) is 2. The Morgan fingerprint density at radius 1 is 0.529 bits per heavy atom. The third kappa shape index (κ3) is 39.6. The van der Waals surface area contributed by atoms with Gasteiger partial charge in [-0.2, -0.15) is 11.8 Å². The number of carboxylic acid groups (broad SMARTS) is 2. The highest BCUT2D eigenvalue weighted by Gasteiger charge is 2.15. The molecule has 2 atom stereocenters. The molecule has 51 heavy (non-hydrogen) atoms. The van der Waals surface area contributed by atoms with E-state index in [0.29, 0.717) is 50.8 Å². The van der Waals surface area contributed by atoms with Gasteiger partial charge in [0.25, 0.3) is 0 Å². The largest absolute Gasteiger partial charge is 0.481 e. The predicted octanol–water partition coefficient (Wildman–Crippen LogP) is 8.47. The van der Waals surface area contributed by atoms with Gasteiger partial charge in [-0.1, -0.05) is 109 Å². The minimum Gasteiger partial charge on any atom is -0.481 e. The number of nitrogens with one attached hydrogen (secondary N) is 1. The summed E-state index contributed by atoms with van der Waals surface area (Å²) in [7, 11) is 0. The molecule has 7 N–H and O–H groups in total. The summed E-state index contributed by atoms with van der Waals surface area (Å²) in [5.41, 5.74) is 11.7. The van der Waals surface area contributed by atoms with Crippen LogP contribution >= 0.6 is 11.8 Å². The average Bonchev–Trinajstić information content (AvgIpc) is 3.10. The third-order valence-electron chi connectivity index (χ3n) is 9.33. The van der Waals surface area contributed by atoms with E-state index in [4.69, 9.17) is 31.2 Å². The number of carbonyl (C=O) groups is 3. The molecule has 0 aromatic carbocycles. The topological polar surface area (TPSA) is 174 Å². The van der Waals surface area contributed by atoms with Gasteiger partial charge in [-0.05, 0) is 69.6 Å². The normalized spacial score (nSPS) is 12.6. The second-order valence-electron chi connectivity index (χ2n) is 14.3. The van der Waals surface area contributed by atoms with Gasteiger partial charge >= 0.3 is 11.9 Å². The summed E-state index contributed by atoms with van der Waals surface area (Å²) in [6.45, 7) is 4.06. The molecule has 0 saturated carbocycles. The number of aliphatic carboxylic acids is 2. The first-order valence-corrected chi connectivity index (χ1v) is 21.9. The molecule has 1 amide bonds. The fourth-order valence-electron chi connectivity index (χ4n) is 6.13. The van der Waals surface area contributed by atoms with Crippen LogP contribution in [0.1, 0.15) is 173 Å². The number of rotatable bonds is 42. The van der Waals surface area contributed by atoms with Crippen LogP contribution in [0, 0.1) is 5.92 Å². The Kier molecular flexibility index (Phi) is 38.7. The molecule has 10 nitrogen and oxygen atoms in total. The molecule has 0 heterocycles. The smallest absolute Gasteiger partial charge is 0.303 e. The Balaban J connectivity index is 4.17. The highest BCUT2D eigenvalue weighted by atomic mass is 32.2. The number of hydrogen-bond donors (Lipinski definition) is 5. The van der Waals surface area contributed by atoms with E-state index in [1.807, 2.05) is 11.8 Å². The van der Waals surface area contributed by atoms with Crippen LogP contribution < -0.4 is 16.8 Å². The van der Waals surface area contributed by atoms with Crippen LogP contribution in [0.4, 0.5) is 0 Å². The summed E-state index contributed by atoms with van der Waals surface area (Å²) in [5.74, 6) is 0.926. The van der Waals surface area contributed by atoms with Crippen molar-refractivity contribution in [2.24, 2.45) is 17.4 Å². The van der Waals surface area contributed by atoms with Gasteiger partial charge in [0.15, 0.2) is 0 Å². The Morgan fingerprint density at radius 2 is 0.922 bits per heavy atom. The molecule has 0 radical (unpaired) electrons. The molecule has 11 heteroatoms. The van der Waals surface area contributed by atoms with Crippen molar-refractivity contribution in [3.63, 3.8) is 0 Å². The number of ether oxygens (including phenoxy) is 2. The molecule has 0 aliphatic heterocycles. The third-order valence-corrected chi connectivity index (χ3v) is 10.6. The summed E-state index contributed by atoms with van der Waals surface area (Å²) in [6, 6.07) is -0.489. The van der Waals surface area contributed by atoms with Crippen LogP contribution in [0.25, 0.3) is 0 Å². The molecule has 0 spiro atoms. The van der Waals surface area contributed by atoms with Crippen molar-refractivity contribution >= 4 is 29.6 Å². The lowest BCUT2D eigenvalue weighted by atomic mass is 9.95. The number of carboxylic acids is 2. The number of unbranched alkanes of at least 4 members (excludes halogenated alkanes) is 18. The van der Waals surface area contributed by atoms with Gasteiger partial charge < -0.3 is 36.5 Å². The minimum absolute atomic E-state index is 0.0733. The molecule has 302 valence electrons. The number of hydrogen-bond acceptors (Lipinski definition) is 8. The zero-order valence-electron chi connectivity index (χ0n) is 32.4. The van der Waals surface area contributed by atoms with Gasteiger partial charge in [0.05, 0.1) is 6.04 Å². The molecule has 0 saturated heterocycles. The standard InChI is InChI=1S/C40H79N3O7S/c41-28-22-32-49-30-20-21-31-50-33-23-29-43-40(48)37(42)35-51-34-36(25-17-13-9-5-3-7-11-15-19-27-39(46)47)24-16-12-8-4-1-2-6-10-14-18-26-38(44)45/h36-37H,1-35,41-42H2,(H,43,48)(H,44,45)(H,46,47)/t36-,37+/m1/s1. The average molecular weight is 746 g/mol. The zero-order chi connectivity index (χ0) is 37.5.